The summed E-state index contributed by atoms with van der Waals surface area (Å²) in [6, 6.07) is 6.62. The van der Waals surface area contributed by atoms with Crippen LogP contribution < -0.4 is 0 Å². The lowest BCUT2D eigenvalue weighted by Gasteiger charge is -2.25. The molecule has 4 nitrogen and oxygen atoms in total. The van der Waals surface area contributed by atoms with Crippen molar-refractivity contribution in [2.45, 2.75) is 33.1 Å². The highest BCUT2D eigenvalue weighted by molar-refractivity contribution is 6.30. The van der Waals surface area contributed by atoms with E-state index in [0.29, 0.717) is 17.1 Å². The van der Waals surface area contributed by atoms with E-state index < -0.39 is 11.9 Å². The molecule has 0 spiro atoms. The highest BCUT2D eigenvalue weighted by atomic mass is 35.5. The zero-order valence-electron chi connectivity index (χ0n) is 13.2. The van der Waals surface area contributed by atoms with E-state index in [-0.39, 0.29) is 12.2 Å². The van der Waals surface area contributed by atoms with Gasteiger partial charge in [-0.25, -0.2) is 0 Å². The molecule has 0 bridgehead atoms. The van der Waals surface area contributed by atoms with E-state index in [2.05, 4.69) is 18.7 Å². The third-order valence-corrected chi connectivity index (χ3v) is 3.73. The summed E-state index contributed by atoms with van der Waals surface area (Å²) in [5.74, 6) is -1.60. The van der Waals surface area contributed by atoms with E-state index in [0.717, 1.165) is 25.9 Å². The number of carboxylic acids is 1. The van der Waals surface area contributed by atoms with Crippen molar-refractivity contribution in [1.82, 2.24) is 4.90 Å². The number of aliphatic carboxylic acids is 1. The largest absolute Gasteiger partial charge is 0.481 e. The molecule has 0 saturated heterocycles. The number of benzene rings is 1. The highest BCUT2D eigenvalue weighted by Gasteiger charge is 2.25. The molecule has 0 saturated carbocycles. The number of carbonyl (C=O) groups excluding carboxylic acids is 1. The van der Waals surface area contributed by atoms with Crippen LogP contribution >= 0.6 is 11.6 Å². The number of nitrogens with zero attached hydrogens (tertiary/aromatic N) is 1. The van der Waals surface area contributed by atoms with Crippen LogP contribution in [0.15, 0.2) is 24.3 Å². The summed E-state index contributed by atoms with van der Waals surface area (Å²) < 4.78 is 0. The van der Waals surface area contributed by atoms with Crippen LogP contribution in [-0.4, -0.2) is 41.4 Å². The summed E-state index contributed by atoms with van der Waals surface area (Å²) in [6.07, 6.45) is 1.81. The summed E-state index contributed by atoms with van der Waals surface area (Å²) in [7, 11) is 0. The molecule has 0 heterocycles. The van der Waals surface area contributed by atoms with Crippen molar-refractivity contribution in [2.75, 3.05) is 19.6 Å². The van der Waals surface area contributed by atoms with Crippen LogP contribution in [0.4, 0.5) is 0 Å². The van der Waals surface area contributed by atoms with Gasteiger partial charge in [0.05, 0.1) is 6.42 Å². The molecule has 22 heavy (non-hydrogen) atoms. The maximum atomic E-state index is 12.6. The molecule has 1 aromatic rings. The number of ketones is 1. The van der Waals surface area contributed by atoms with E-state index in [1.165, 1.54) is 0 Å². The van der Waals surface area contributed by atoms with E-state index in [9.17, 15) is 9.59 Å². The van der Waals surface area contributed by atoms with Gasteiger partial charge in [0.15, 0.2) is 5.78 Å². The fraction of sp³-hybridized carbons (Fsp3) is 0.529. The van der Waals surface area contributed by atoms with Gasteiger partial charge in [-0.1, -0.05) is 25.4 Å². The molecule has 0 aliphatic rings. The second-order valence-corrected chi connectivity index (χ2v) is 5.90. The average molecular weight is 326 g/mol. The van der Waals surface area contributed by atoms with Gasteiger partial charge in [-0.05, 0) is 50.2 Å². The molecule has 1 unspecified atom stereocenters. The fourth-order valence-corrected chi connectivity index (χ4v) is 2.67. The molecule has 1 N–H and O–H groups in total. The Morgan fingerprint density at radius 1 is 1.14 bits per heavy atom. The molecule has 0 aliphatic heterocycles. The van der Waals surface area contributed by atoms with Gasteiger partial charge in [-0.3, -0.25) is 9.59 Å². The van der Waals surface area contributed by atoms with E-state index in [1.807, 2.05) is 0 Å². The van der Waals surface area contributed by atoms with Crippen molar-refractivity contribution < 1.29 is 14.7 Å². The number of rotatable bonds is 10. The van der Waals surface area contributed by atoms with Gasteiger partial charge in [0, 0.05) is 23.0 Å². The molecular weight excluding hydrogens is 302 g/mol. The van der Waals surface area contributed by atoms with E-state index in [1.54, 1.807) is 24.3 Å². The zero-order chi connectivity index (χ0) is 16.5. The number of hydrogen-bond acceptors (Lipinski definition) is 3. The molecule has 0 aromatic heterocycles. The van der Waals surface area contributed by atoms with Crippen LogP contribution in [0.2, 0.25) is 5.02 Å². The summed E-state index contributed by atoms with van der Waals surface area (Å²) in [4.78, 5) is 25.9. The van der Waals surface area contributed by atoms with Crippen molar-refractivity contribution in [3.63, 3.8) is 0 Å². The summed E-state index contributed by atoms with van der Waals surface area (Å²) in [5, 5.41) is 9.66. The van der Waals surface area contributed by atoms with Crippen LogP contribution in [0.3, 0.4) is 0 Å². The first kappa shape index (κ1) is 18.7. The lowest BCUT2D eigenvalue weighted by atomic mass is 9.94. The molecule has 1 atom stereocenters. The van der Waals surface area contributed by atoms with Crippen LogP contribution in [0.1, 0.15) is 43.5 Å². The Morgan fingerprint density at radius 2 is 1.68 bits per heavy atom. The van der Waals surface area contributed by atoms with Gasteiger partial charge in [-0.15, -0.1) is 0 Å². The topological polar surface area (TPSA) is 57.6 Å². The Balaban J connectivity index is 2.88. The lowest BCUT2D eigenvalue weighted by Crippen LogP contribution is -2.35. The Morgan fingerprint density at radius 3 is 2.14 bits per heavy atom. The monoisotopic (exact) mass is 325 g/mol. The van der Waals surface area contributed by atoms with Gasteiger partial charge >= 0.3 is 5.97 Å². The molecular formula is C17H24ClNO3. The number of carbonyl (C=O) groups is 2. The maximum Gasteiger partial charge on any atom is 0.304 e. The SMILES string of the molecule is CCCN(CCC)CC(CC(=O)O)C(=O)c1ccc(Cl)cc1. The Kier molecular flexibility index (Phi) is 8.13. The third-order valence-electron chi connectivity index (χ3n) is 3.48. The Bertz CT molecular complexity index is 481. The van der Waals surface area contributed by atoms with E-state index in [4.69, 9.17) is 16.7 Å². The van der Waals surface area contributed by atoms with Gasteiger partial charge in [0.1, 0.15) is 0 Å². The first-order chi connectivity index (χ1) is 10.5. The highest BCUT2D eigenvalue weighted by Crippen LogP contribution is 2.17. The predicted octanol–water partition coefficient (Wildman–Crippen LogP) is 3.74. The Hall–Kier alpha value is -1.39. The van der Waals surface area contributed by atoms with Crippen LogP contribution in [-0.2, 0) is 4.79 Å². The average Bonchev–Trinajstić information content (AvgIpc) is 2.46. The van der Waals surface area contributed by atoms with E-state index >= 15 is 0 Å². The summed E-state index contributed by atoms with van der Waals surface area (Å²) >= 11 is 5.83. The number of Topliss-reactive ketones (excluding diaryl/α,β-unsaturated/α-hetero) is 1. The molecule has 5 heteroatoms. The number of halogens is 1. The summed E-state index contributed by atoms with van der Waals surface area (Å²) in [6.45, 7) is 6.39. The van der Waals surface area contributed by atoms with Crippen LogP contribution in [0.25, 0.3) is 0 Å². The standard InChI is InChI=1S/C17H24ClNO3/c1-3-9-19(10-4-2)12-14(11-16(20)21)17(22)13-5-7-15(18)8-6-13/h5-8,14H,3-4,9-12H2,1-2H3,(H,20,21). The van der Waals surface area contributed by atoms with Crippen molar-refractivity contribution >= 4 is 23.4 Å². The normalized spacial score (nSPS) is 12.4. The predicted molar refractivity (Wildman–Crippen MR) is 88.5 cm³/mol. The second kappa shape index (κ2) is 9.59. The Labute approximate surface area is 137 Å². The van der Waals surface area contributed by atoms with Crippen molar-refractivity contribution in [3.8, 4) is 0 Å². The third kappa shape index (κ3) is 6.16. The van der Waals surface area contributed by atoms with Crippen molar-refractivity contribution in [1.29, 1.82) is 0 Å². The van der Waals surface area contributed by atoms with Crippen LogP contribution in [0, 0.1) is 5.92 Å². The van der Waals surface area contributed by atoms with Crippen molar-refractivity contribution in [2.24, 2.45) is 5.92 Å². The molecule has 0 amide bonds. The van der Waals surface area contributed by atoms with Gasteiger partial charge in [0.25, 0.3) is 0 Å². The molecule has 1 rings (SSSR count). The van der Waals surface area contributed by atoms with Gasteiger partial charge < -0.3 is 10.0 Å². The first-order valence-electron chi connectivity index (χ1n) is 7.71. The number of hydrogen-bond donors (Lipinski definition) is 1. The van der Waals surface area contributed by atoms with Gasteiger partial charge in [0.2, 0.25) is 0 Å². The minimum Gasteiger partial charge on any atom is -0.481 e. The van der Waals surface area contributed by atoms with Gasteiger partial charge in [-0.2, -0.15) is 0 Å². The zero-order valence-corrected chi connectivity index (χ0v) is 14.0. The van der Waals surface area contributed by atoms with Crippen LogP contribution in [0.5, 0.6) is 0 Å². The minimum atomic E-state index is -0.944. The molecule has 122 valence electrons. The minimum absolute atomic E-state index is 0.128. The smallest absolute Gasteiger partial charge is 0.304 e. The molecule has 0 radical (unpaired) electrons. The quantitative estimate of drug-likeness (QED) is 0.666. The number of carboxylic acid groups (broad SMARTS) is 1. The summed E-state index contributed by atoms with van der Waals surface area (Å²) in [5.41, 5.74) is 0.517. The first-order valence-corrected chi connectivity index (χ1v) is 8.09. The molecule has 0 aliphatic carbocycles. The maximum absolute atomic E-state index is 12.6. The molecule has 0 fully saturated rings. The fourth-order valence-electron chi connectivity index (χ4n) is 2.54. The molecule has 1 aromatic carbocycles. The second-order valence-electron chi connectivity index (χ2n) is 5.47. The lowest BCUT2D eigenvalue weighted by molar-refractivity contribution is -0.137. The van der Waals surface area contributed by atoms with Crippen molar-refractivity contribution in [3.05, 3.63) is 34.9 Å².